The molecule has 0 aromatic heterocycles. The van der Waals surface area contributed by atoms with Crippen LogP contribution in [0.5, 0.6) is 0 Å². The Morgan fingerprint density at radius 1 is 1.19 bits per heavy atom. The molecule has 0 bridgehead atoms. The summed E-state index contributed by atoms with van der Waals surface area (Å²) in [6.07, 6.45) is 1.32. The van der Waals surface area contributed by atoms with E-state index in [9.17, 15) is 19.5 Å². The molecule has 0 spiro atoms. The first-order valence-electron chi connectivity index (χ1n) is 9.31. The third-order valence-corrected chi connectivity index (χ3v) is 6.10. The van der Waals surface area contributed by atoms with E-state index in [1.54, 1.807) is 11.8 Å². The van der Waals surface area contributed by atoms with E-state index in [1.165, 1.54) is 7.05 Å². The fraction of sp³-hybridized carbons (Fsp3) is 0.842. The molecule has 1 rings (SSSR count). The molecule has 3 N–H and O–H groups in total. The van der Waals surface area contributed by atoms with Gasteiger partial charge in [-0.3, -0.25) is 14.4 Å². The lowest BCUT2D eigenvalue weighted by molar-refractivity contribution is -0.150. The van der Waals surface area contributed by atoms with Gasteiger partial charge in [-0.25, -0.2) is 0 Å². The lowest BCUT2D eigenvalue weighted by Gasteiger charge is -2.34. The smallest absolute Gasteiger partial charge is 0.307 e. The Balaban J connectivity index is 3.10. The van der Waals surface area contributed by atoms with Crippen molar-refractivity contribution >= 4 is 29.5 Å². The Labute approximate surface area is 161 Å². The van der Waals surface area contributed by atoms with Crippen molar-refractivity contribution in [3.8, 4) is 0 Å². The van der Waals surface area contributed by atoms with Crippen LogP contribution in [0.1, 0.15) is 47.5 Å². The van der Waals surface area contributed by atoms with Crippen LogP contribution in [0.25, 0.3) is 0 Å². The lowest BCUT2D eigenvalue weighted by atomic mass is 9.76. The Hall–Kier alpha value is -1.24. The second-order valence-corrected chi connectivity index (χ2v) is 9.80. The van der Waals surface area contributed by atoms with Crippen molar-refractivity contribution in [2.75, 3.05) is 18.6 Å². The summed E-state index contributed by atoms with van der Waals surface area (Å²) in [5.74, 6) is -0.947. The van der Waals surface area contributed by atoms with Gasteiger partial charge >= 0.3 is 5.97 Å². The van der Waals surface area contributed by atoms with Gasteiger partial charge in [0.05, 0.1) is 11.8 Å². The molecule has 26 heavy (non-hydrogen) atoms. The van der Waals surface area contributed by atoms with Gasteiger partial charge in [-0.05, 0) is 41.6 Å². The van der Waals surface area contributed by atoms with Crippen LogP contribution >= 0.6 is 11.8 Å². The van der Waals surface area contributed by atoms with Gasteiger partial charge in [-0.15, -0.1) is 0 Å². The molecule has 0 radical (unpaired) electrons. The number of hydrogen-bond donors (Lipinski definition) is 3. The Kier molecular flexibility index (Phi) is 8.44. The van der Waals surface area contributed by atoms with Gasteiger partial charge in [-0.1, -0.05) is 34.6 Å². The highest BCUT2D eigenvalue weighted by molar-refractivity contribution is 7.99. The van der Waals surface area contributed by atoms with Crippen molar-refractivity contribution in [2.45, 2.75) is 53.5 Å². The summed E-state index contributed by atoms with van der Waals surface area (Å²) in [7, 11) is 1.54. The van der Waals surface area contributed by atoms with E-state index in [0.29, 0.717) is 6.42 Å². The van der Waals surface area contributed by atoms with Gasteiger partial charge in [0, 0.05) is 7.05 Å². The van der Waals surface area contributed by atoms with Crippen LogP contribution in [0, 0.1) is 29.1 Å². The Morgan fingerprint density at radius 2 is 1.81 bits per heavy atom. The number of carbonyl (C=O) groups excluding carboxylic acids is 2. The predicted octanol–water partition coefficient (Wildman–Crippen LogP) is 2.38. The second kappa shape index (κ2) is 9.62. The minimum atomic E-state index is -0.912. The maximum Gasteiger partial charge on any atom is 0.307 e. The van der Waals surface area contributed by atoms with Crippen molar-refractivity contribution in [1.82, 2.24) is 10.6 Å². The minimum Gasteiger partial charge on any atom is -0.481 e. The van der Waals surface area contributed by atoms with Crippen LogP contribution in [0.4, 0.5) is 0 Å². The molecule has 0 aromatic carbocycles. The van der Waals surface area contributed by atoms with Crippen molar-refractivity contribution in [2.24, 2.45) is 29.1 Å². The molecule has 7 heteroatoms. The van der Waals surface area contributed by atoms with Gasteiger partial charge in [0.15, 0.2) is 0 Å². The fourth-order valence-electron chi connectivity index (χ4n) is 3.53. The maximum atomic E-state index is 13.1. The van der Waals surface area contributed by atoms with E-state index in [-0.39, 0.29) is 23.7 Å². The highest BCUT2D eigenvalue weighted by Gasteiger charge is 2.43. The molecule has 1 fully saturated rings. The molecule has 2 amide bonds. The number of likely N-dealkylation sites (N-methyl/N-ethyl adjacent to an activating group) is 1. The second-order valence-electron chi connectivity index (χ2n) is 8.65. The number of carboxylic acids is 1. The van der Waals surface area contributed by atoms with Crippen LogP contribution in [0.15, 0.2) is 0 Å². The van der Waals surface area contributed by atoms with Gasteiger partial charge in [0.25, 0.3) is 0 Å². The van der Waals surface area contributed by atoms with Gasteiger partial charge in [0.1, 0.15) is 6.04 Å². The molecule has 1 saturated heterocycles. The fourth-order valence-corrected chi connectivity index (χ4v) is 4.84. The highest BCUT2D eigenvalue weighted by atomic mass is 32.2. The monoisotopic (exact) mass is 386 g/mol. The average Bonchev–Trinajstić information content (AvgIpc) is 3.03. The molecule has 1 aliphatic heterocycles. The lowest BCUT2D eigenvalue weighted by Crippen LogP contribution is -2.55. The summed E-state index contributed by atoms with van der Waals surface area (Å²) in [6, 6.07) is -0.706. The third-order valence-electron chi connectivity index (χ3n) is 4.91. The Bertz CT molecular complexity index is 510. The summed E-state index contributed by atoms with van der Waals surface area (Å²) >= 11 is 1.74. The van der Waals surface area contributed by atoms with Gasteiger partial charge in [0.2, 0.25) is 11.8 Å². The van der Waals surface area contributed by atoms with Crippen LogP contribution in [0.2, 0.25) is 0 Å². The van der Waals surface area contributed by atoms with Crippen LogP contribution in [-0.2, 0) is 14.4 Å². The van der Waals surface area contributed by atoms with Crippen LogP contribution in [-0.4, -0.2) is 47.5 Å². The SMILES string of the molecule is CNC(=O)[C@@H](NC(=O)C(CC(C)C)[C@H](C(=O)O)C1CCSC1)C(C)(C)C. The number of amides is 2. The van der Waals surface area contributed by atoms with Crippen molar-refractivity contribution < 1.29 is 19.5 Å². The van der Waals surface area contributed by atoms with E-state index >= 15 is 0 Å². The summed E-state index contributed by atoms with van der Waals surface area (Å²) in [5, 5.41) is 15.3. The zero-order chi connectivity index (χ0) is 20.1. The average molecular weight is 387 g/mol. The number of thioether (sulfide) groups is 1. The number of nitrogens with one attached hydrogen (secondary N) is 2. The summed E-state index contributed by atoms with van der Waals surface area (Å²) in [4.78, 5) is 37.4. The summed E-state index contributed by atoms with van der Waals surface area (Å²) in [6.45, 7) is 9.62. The Morgan fingerprint density at radius 3 is 2.19 bits per heavy atom. The summed E-state index contributed by atoms with van der Waals surface area (Å²) in [5.41, 5.74) is -0.472. The molecule has 1 heterocycles. The zero-order valence-electron chi connectivity index (χ0n) is 16.8. The van der Waals surface area contributed by atoms with Crippen molar-refractivity contribution in [1.29, 1.82) is 0 Å². The summed E-state index contributed by atoms with van der Waals surface area (Å²) < 4.78 is 0. The third kappa shape index (κ3) is 6.18. The number of rotatable bonds is 8. The molecule has 6 nitrogen and oxygen atoms in total. The normalized spacial score (nSPS) is 21.1. The van der Waals surface area contributed by atoms with Crippen molar-refractivity contribution in [3.63, 3.8) is 0 Å². The molecule has 150 valence electrons. The molecule has 0 aromatic rings. The minimum absolute atomic E-state index is 0.0000819. The molecule has 2 unspecified atom stereocenters. The van der Waals surface area contributed by atoms with E-state index in [0.717, 1.165) is 17.9 Å². The predicted molar refractivity (Wildman–Crippen MR) is 105 cm³/mol. The highest BCUT2D eigenvalue weighted by Crippen LogP contribution is 2.37. The van der Waals surface area contributed by atoms with E-state index < -0.39 is 29.3 Å². The van der Waals surface area contributed by atoms with Gasteiger partial charge in [-0.2, -0.15) is 11.8 Å². The number of hydrogen-bond acceptors (Lipinski definition) is 4. The molecular weight excluding hydrogens is 352 g/mol. The van der Waals surface area contributed by atoms with Gasteiger partial charge < -0.3 is 15.7 Å². The number of carboxylic acid groups (broad SMARTS) is 1. The molecule has 0 saturated carbocycles. The quantitative estimate of drug-likeness (QED) is 0.595. The van der Waals surface area contributed by atoms with Crippen LogP contribution in [0.3, 0.4) is 0 Å². The molecule has 4 atom stereocenters. The van der Waals surface area contributed by atoms with E-state index in [2.05, 4.69) is 10.6 Å². The number of aliphatic carboxylic acids is 1. The van der Waals surface area contributed by atoms with E-state index in [4.69, 9.17) is 0 Å². The molecular formula is C19H34N2O4S. The maximum absolute atomic E-state index is 13.1. The largest absolute Gasteiger partial charge is 0.481 e. The zero-order valence-corrected chi connectivity index (χ0v) is 17.6. The molecule has 0 aliphatic carbocycles. The number of carbonyl (C=O) groups is 3. The first-order chi connectivity index (χ1) is 12.0. The first kappa shape index (κ1) is 22.8. The molecule has 1 aliphatic rings. The first-order valence-corrected chi connectivity index (χ1v) is 10.5. The van der Waals surface area contributed by atoms with Crippen LogP contribution < -0.4 is 10.6 Å². The topological polar surface area (TPSA) is 95.5 Å². The van der Waals surface area contributed by atoms with Crippen molar-refractivity contribution in [3.05, 3.63) is 0 Å². The standard InChI is InChI=1S/C19H34N2O4S/c1-11(2)9-13(14(18(24)25)12-7-8-26-10-12)16(22)21-15(17(23)20-6)19(3,4)5/h11-15H,7-10H2,1-6H3,(H,20,23)(H,21,22)(H,24,25)/t12?,13?,14-,15-/m1/s1. The van der Waals surface area contributed by atoms with E-state index in [1.807, 2.05) is 34.6 Å².